The minimum absolute atomic E-state index is 0.334. The molecule has 0 aromatic heterocycles. The van der Waals surface area contributed by atoms with Crippen LogP contribution in [0.1, 0.15) is 116 Å². The highest BCUT2D eigenvalue weighted by atomic mass is 31.2. The van der Waals surface area contributed by atoms with Crippen LogP contribution in [0.15, 0.2) is 12.7 Å². The van der Waals surface area contributed by atoms with Crippen LogP contribution in [-0.4, -0.2) is 42.9 Å². The fourth-order valence-corrected chi connectivity index (χ4v) is 6.06. The fraction of sp³-hybridized carbons (Fsp3) is 0.920. The molecule has 0 aromatic rings. The van der Waals surface area contributed by atoms with Gasteiger partial charge in [0.2, 0.25) is 0 Å². The Hall–Kier alpha value is -0.150. The lowest BCUT2D eigenvalue weighted by Crippen LogP contribution is -2.45. The van der Waals surface area contributed by atoms with Crippen molar-refractivity contribution in [2.24, 2.45) is 0 Å². The van der Waals surface area contributed by atoms with Crippen LogP contribution in [0.4, 0.5) is 0 Å². The zero-order chi connectivity index (χ0) is 22.7. The maximum Gasteiger partial charge on any atom is 0.385 e. The first-order valence-corrected chi connectivity index (χ1v) is 14.3. The Kier molecular flexibility index (Phi) is 18.3. The lowest BCUT2D eigenvalue weighted by atomic mass is 10.0. The van der Waals surface area contributed by atoms with Crippen molar-refractivity contribution in [2.75, 3.05) is 27.7 Å². The van der Waals surface area contributed by atoms with E-state index in [4.69, 9.17) is 4.52 Å². The predicted octanol–water partition coefficient (Wildman–Crippen LogP) is 8.06. The second-order valence-corrected chi connectivity index (χ2v) is 11.8. The number of hydrogen-bond acceptors (Lipinski definition) is 2. The van der Waals surface area contributed by atoms with Crippen molar-refractivity contribution in [3.05, 3.63) is 12.7 Å². The first kappa shape index (κ1) is 29.9. The summed E-state index contributed by atoms with van der Waals surface area (Å²) in [5.74, 6) is -0.334. The van der Waals surface area contributed by atoms with E-state index in [1.165, 1.54) is 83.5 Å². The molecule has 0 aromatic carbocycles. The Labute approximate surface area is 188 Å². The summed E-state index contributed by atoms with van der Waals surface area (Å²) in [5.41, 5.74) is 0. The van der Waals surface area contributed by atoms with Crippen molar-refractivity contribution < 1.29 is 18.5 Å². The molecule has 5 heteroatoms. The third-order valence-corrected chi connectivity index (χ3v) is 8.15. The zero-order valence-electron chi connectivity index (χ0n) is 20.7. The molecule has 0 amide bonds. The number of nitrogens with zero attached hydrogens (tertiary/aromatic N) is 1. The molecule has 0 bridgehead atoms. The van der Waals surface area contributed by atoms with Crippen molar-refractivity contribution in [3.8, 4) is 0 Å². The van der Waals surface area contributed by atoms with Crippen LogP contribution in [0.5, 0.6) is 0 Å². The summed E-state index contributed by atoms with van der Waals surface area (Å²) in [4.78, 5) is 10.4. The molecule has 0 saturated carbocycles. The van der Waals surface area contributed by atoms with Crippen molar-refractivity contribution in [1.82, 2.24) is 0 Å². The van der Waals surface area contributed by atoms with Gasteiger partial charge in [-0.2, -0.15) is 0 Å². The first-order valence-electron chi connectivity index (χ1n) is 12.6. The summed E-state index contributed by atoms with van der Waals surface area (Å²) in [6, 6.07) is 0. The molecule has 0 rings (SSSR count). The fourth-order valence-electron chi connectivity index (χ4n) is 4.04. The van der Waals surface area contributed by atoms with Gasteiger partial charge in [0.15, 0.2) is 5.78 Å². The van der Waals surface area contributed by atoms with Crippen LogP contribution < -0.4 is 0 Å². The maximum atomic E-state index is 12.6. The van der Waals surface area contributed by atoms with Gasteiger partial charge in [0.25, 0.3) is 0 Å². The average molecular weight is 447 g/mol. The molecule has 2 atom stereocenters. The first-order chi connectivity index (χ1) is 14.3. The van der Waals surface area contributed by atoms with Crippen molar-refractivity contribution in [3.63, 3.8) is 0 Å². The molecule has 0 aliphatic carbocycles. The minimum Gasteiger partial charge on any atom is -0.320 e. The zero-order valence-corrected chi connectivity index (χ0v) is 21.6. The molecule has 30 heavy (non-hydrogen) atoms. The monoisotopic (exact) mass is 446 g/mol. The molecular formula is C25H53NO3P+. The quantitative estimate of drug-likeness (QED) is 0.0791. The molecule has 2 unspecified atom stereocenters. The molecule has 0 radical (unpaired) electrons. The van der Waals surface area contributed by atoms with E-state index >= 15 is 0 Å². The summed E-state index contributed by atoms with van der Waals surface area (Å²) in [6.45, 7) is 6.23. The molecule has 0 aliphatic rings. The third kappa shape index (κ3) is 16.5. The SMILES string of the molecule is C=CCCCCCCCCCCCCCCCCOP(=O)(O)C(CCC)[N+](C)(C)C. The third-order valence-electron chi connectivity index (χ3n) is 5.90. The molecule has 0 spiro atoms. The van der Waals surface area contributed by atoms with Gasteiger partial charge in [-0.15, -0.1) is 6.58 Å². The number of allylic oxidation sites excluding steroid dienone is 1. The number of quaternary nitrogens is 1. The standard InChI is InChI=1S/C25H52NO3P/c1-6-8-9-10-11-12-13-14-15-16-17-18-19-20-21-22-24-29-30(27,28)25(23-7-2)26(3,4)5/h6,25H,1,7-24H2,2-5H3/p+1. The Morgan fingerprint density at radius 1 is 0.833 bits per heavy atom. The molecule has 1 N–H and O–H groups in total. The van der Waals surface area contributed by atoms with Crippen molar-refractivity contribution in [1.29, 1.82) is 0 Å². The van der Waals surface area contributed by atoms with Gasteiger partial charge in [-0.05, 0) is 25.7 Å². The second kappa shape index (κ2) is 18.4. The van der Waals surface area contributed by atoms with E-state index in [0.29, 0.717) is 17.5 Å². The molecule has 180 valence electrons. The molecule has 0 aliphatic heterocycles. The highest BCUT2D eigenvalue weighted by molar-refractivity contribution is 7.53. The van der Waals surface area contributed by atoms with Gasteiger partial charge in [-0.1, -0.05) is 90.0 Å². The number of hydrogen-bond donors (Lipinski definition) is 1. The van der Waals surface area contributed by atoms with Crippen LogP contribution in [-0.2, 0) is 9.09 Å². The molecule has 4 nitrogen and oxygen atoms in total. The second-order valence-electron chi connectivity index (χ2n) is 9.81. The van der Waals surface area contributed by atoms with Crippen LogP contribution in [0.2, 0.25) is 0 Å². The summed E-state index contributed by atoms with van der Waals surface area (Å²) in [6.07, 6.45) is 22.9. The van der Waals surface area contributed by atoms with E-state index in [1.54, 1.807) is 0 Å². The normalized spacial score (nSPS) is 15.1. The van der Waals surface area contributed by atoms with Crippen LogP contribution in [0.3, 0.4) is 0 Å². The summed E-state index contributed by atoms with van der Waals surface area (Å²) < 4.78 is 18.6. The van der Waals surface area contributed by atoms with Gasteiger partial charge in [0.1, 0.15) is 0 Å². The highest BCUT2D eigenvalue weighted by Crippen LogP contribution is 2.51. The van der Waals surface area contributed by atoms with E-state index in [1.807, 2.05) is 27.2 Å². The van der Waals surface area contributed by atoms with Crippen molar-refractivity contribution in [2.45, 2.75) is 122 Å². The smallest absolute Gasteiger partial charge is 0.320 e. The van der Waals surface area contributed by atoms with Crippen LogP contribution in [0.25, 0.3) is 0 Å². The van der Waals surface area contributed by atoms with Gasteiger partial charge < -0.3 is 13.9 Å². The predicted molar refractivity (Wildman–Crippen MR) is 132 cm³/mol. The van der Waals surface area contributed by atoms with Crippen molar-refractivity contribution >= 4 is 7.60 Å². The molecular weight excluding hydrogens is 393 g/mol. The topological polar surface area (TPSA) is 46.5 Å². The van der Waals surface area contributed by atoms with E-state index in [9.17, 15) is 9.46 Å². The van der Waals surface area contributed by atoms with E-state index in [0.717, 1.165) is 19.3 Å². The van der Waals surface area contributed by atoms with Gasteiger partial charge in [0.05, 0.1) is 27.7 Å². The van der Waals surface area contributed by atoms with Crippen LogP contribution >= 0.6 is 7.60 Å². The Balaban J connectivity index is 3.53. The molecule has 0 fully saturated rings. The minimum atomic E-state index is -3.56. The number of unbranched alkanes of at least 4 members (excludes halogenated alkanes) is 14. The van der Waals surface area contributed by atoms with E-state index in [2.05, 4.69) is 13.5 Å². The van der Waals surface area contributed by atoms with Gasteiger partial charge in [-0.3, -0.25) is 4.57 Å². The van der Waals surface area contributed by atoms with Crippen LogP contribution in [0, 0.1) is 0 Å². The average Bonchev–Trinajstić information content (AvgIpc) is 2.67. The van der Waals surface area contributed by atoms with E-state index in [-0.39, 0.29) is 5.78 Å². The Bertz CT molecular complexity index is 448. The Morgan fingerprint density at radius 2 is 1.23 bits per heavy atom. The highest BCUT2D eigenvalue weighted by Gasteiger charge is 2.41. The largest absolute Gasteiger partial charge is 0.385 e. The van der Waals surface area contributed by atoms with Gasteiger partial charge in [0, 0.05) is 6.42 Å². The van der Waals surface area contributed by atoms with E-state index < -0.39 is 7.60 Å². The summed E-state index contributed by atoms with van der Waals surface area (Å²) in [7, 11) is 2.35. The summed E-state index contributed by atoms with van der Waals surface area (Å²) in [5, 5.41) is 0. The lowest BCUT2D eigenvalue weighted by molar-refractivity contribution is -0.883. The number of rotatable bonds is 22. The molecule has 0 saturated heterocycles. The lowest BCUT2D eigenvalue weighted by Gasteiger charge is -2.35. The Morgan fingerprint density at radius 3 is 1.60 bits per heavy atom. The molecule has 0 heterocycles. The van der Waals surface area contributed by atoms with Gasteiger partial charge in [-0.25, -0.2) is 0 Å². The van der Waals surface area contributed by atoms with Gasteiger partial charge >= 0.3 is 7.60 Å². The summed E-state index contributed by atoms with van der Waals surface area (Å²) >= 11 is 0. The maximum absolute atomic E-state index is 12.6.